The summed E-state index contributed by atoms with van der Waals surface area (Å²) >= 11 is 0. The van der Waals surface area contributed by atoms with Crippen LogP contribution < -0.4 is 0 Å². The maximum atomic E-state index is 10.2. The van der Waals surface area contributed by atoms with Crippen LogP contribution in [0.15, 0.2) is 30.3 Å². The minimum absolute atomic E-state index is 0.309. The standard InChI is InChI=1S/C14H21OP/c15-16-13-9-4-2-1-3-6-10-14-11-7-5-8-12-14/h5,7-8,11-12H,1-4,6,9-10,13H2. The third kappa shape index (κ3) is 6.74. The van der Waals surface area contributed by atoms with Gasteiger partial charge in [-0.2, -0.15) is 0 Å². The van der Waals surface area contributed by atoms with Gasteiger partial charge in [0.05, 0.1) is 0 Å². The number of hydrogen-bond donors (Lipinski definition) is 0. The molecule has 0 spiro atoms. The number of rotatable bonds is 9. The molecule has 0 aliphatic heterocycles. The van der Waals surface area contributed by atoms with Crippen LogP contribution in [0.4, 0.5) is 0 Å². The van der Waals surface area contributed by atoms with Crippen molar-refractivity contribution in [1.82, 2.24) is 0 Å². The Balaban J connectivity index is 1.90. The largest absolute Gasteiger partial charge is 0.275 e. The first-order chi connectivity index (χ1) is 7.93. The number of aryl methyl sites for hydroxylation is 1. The van der Waals surface area contributed by atoms with Crippen molar-refractivity contribution in [3.8, 4) is 0 Å². The van der Waals surface area contributed by atoms with E-state index in [2.05, 4.69) is 30.3 Å². The average Bonchev–Trinajstić information content (AvgIpc) is 2.34. The van der Waals surface area contributed by atoms with Gasteiger partial charge in [-0.05, 0) is 24.8 Å². The molecule has 0 aliphatic rings. The van der Waals surface area contributed by atoms with Crippen LogP contribution in [0.2, 0.25) is 0 Å². The fraction of sp³-hybridized carbons (Fsp3) is 0.571. The van der Waals surface area contributed by atoms with Crippen molar-refractivity contribution in [2.75, 3.05) is 6.16 Å². The van der Waals surface area contributed by atoms with Crippen molar-refractivity contribution in [1.29, 1.82) is 0 Å². The molecule has 0 atom stereocenters. The van der Waals surface area contributed by atoms with Crippen LogP contribution in [0.3, 0.4) is 0 Å². The van der Waals surface area contributed by atoms with Crippen molar-refractivity contribution < 1.29 is 4.57 Å². The lowest BCUT2D eigenvalue weighted by Gasteiger charge is -2.01. The third-order valence-electron chi connectivity index (χ3n) is 2.81. The van der Waals surface area contributed by atoms with Crippen molar-refractivity contribution in [2.45, 2.75) is 44.9 Å². The second-order valence-electron chi connectivity index (χ2n) is 4.21. The van der Waals surface area contributed by atoms with E-state index in [4.69, 9.17) is 0 Å². The maximum Gasteiger partial charge on any atom is 0.155 e. The summed E-state index contributed by atoms with van der Waals surface area (Å²) in [4.78, 5) is 0. The Kier molecular flexibility index (Phi) is 7.98. The van der Waals surface area contributed by atoms with Gasteiger partial charge in [-0.3, -0.25) is 4.57 Å². The zero-order valence-electron chi connectivity index (χ0n) is 9.90. The molecule has 0 N–H and O–H groups in total. The lowest BCUT2D eigenvalue weighted by atomic mass is 10.1. The lowest BCUT2D eigenvalue weighted by Crippen LogP contribution is -1.86. The van der Waals surface area contributed by atoms with Gasteiger partial charge >= 0.3 is 0 Å². The van der Waals surface area contributed by atoms with Crippen molar-refractivity contribution in [3.05, 3.63) is 35.9 Å². The fourth-order valence-corrected chi connectivity index (χ4v) is 2.21. The molecule has 0 saturated heterocycles. The first kappa shape index (κ1) is 13.4. The van der Waals surface area contributed by atoms with Crippen LogP contribution in [-0.2, 0) is 11.0 Å². The van der Waals surface area contributed by atoms with Crippen LogP contribution in [0.1, 0.15) is 44.1 Å². The van der Waals surface area contributed by atoms with Crippen molar-refractivity contribution >= 4 is 8.46 Å². The van der Waals surface area contributed by atoms with Crippen LogP contribution in [0, 0.1) is 0 Å². The molecule has 1 rings (SSSR count). The Morgan fingerprint density at radius 1 is 0.812 bits per heavy atom. The molecule has 1 aromatic rings. The molecule has 0 aliphatic carbocycles. The zero-order valence-corrected chi connectivity index (χ0v) is 10.8. The fourth-order valence-electron chi connectivity index (χ4n) is 1.86. The van der Waals surface area contributed by atoms with Gasteiger partial charge in [-0.25, -0.2) is 0 Å². The van der Waals surface area contributed by atoms with E-state index < -0.39 is 0 Å². The summed E-state index contributed by atoms with van der Waals surface area (Å²) in [5.41, 5.74) is 1.45. The first-order valence-electron chi connectivity index (χ1n) is 6.26. The SMILES string of the molecule is O=PCCCCCCCCc1ccccc1. The minimum Gasteiger partial charge on any atom is -0.275 e. The van der Waals surface area contributed by atoms with Crippen molar-refractivity contribution in [3.63, 3.8) is 0 Å². The third-order valence-corrected chi connectivity index (χ3v) is 3.31. The first-order valence-corrected chi connectivity index (χ1v) is 7.26. The van der Waals surface area contributed by atoms with E-state index in [1.807, 2.05) is 0 Å². The summed E-state index contributed by atoms with van der Waals surface area (Å²) < 4.78 is 10.2. The number of benzene rings is 1. The topological polar surface area (TPSA) is 17.1 Å². The highest BCUT2D eigenvalue weighted by atomic mass is 31.1. The van der Waals surface area contributed by atoms with Crippen LogP contribution >= 0.6 is 8.46 Å². The van der Waals surface area contributed by atoms with Gasteiger partial charge in [0.1, 0.15) is 0 Å². The smallest absolute Gasteiger partial charge is 0.155 e. The van der Waals surface area contributed by atoms with E-state index in [1.54, 1.807) is 0 Å². The highest BCUT2D eigenvalue weighted by molar-refractivity contribution is 7.23. The quantitative estimate of drug-likeness (QED) is 0.442. The van der Waals surface area contributed by atoms with Gasteiger partial charge in [-0.1, -0.05) is 56.0 Å². The van der Waals surface area contributed by atoms with Gasteiger partial charge in [0.2, 0.25) is 0 Å². The Hall–Kier alpha value is -0.680. The van der Waals surface area contributed by atoms with Crippen LogP contribution in [0.5, 0.6) is 0 Å². The van der Waals surface area contributed by atoms with E-state index in [1.165, 1.54) is 44.1 Å². The molecule has 0 saturated carbocycles. The summed E-state index contributed by atoms with van der Waals surface area (Å²) in [6.45, 7) is 0. The minimum atomic E-state index is 0.309. The number of unbranched alkanes of at least 4 members (excludes halogenated alkanes) is 5. The van der Waals surface area contributed by atoms with Gasteiger partial charge < -0.3 is 0 Å². The highest BCUT2D eigenvalue weighted by Crippen LogP contribution is 2.10. The zero-order chi connectivity index (χ0) is 11.5. The van der Waals surface area contributed by atoms with E-state index >= 15 is 0 Å². The Labute approximate surface area is 100 Å². The average molecular weight is 236 g/mol. The molecule has 0 bridgehead atoms. The van der Waals surface area contributed by atoms with Crippen molar-refractivity contribution in [2.24, 2.45) is 0 Å². The van der Waals surface area contributed by atoms with E-state index in [0.717, 1.165) is 12.6 Å². The predicted octanol–water partition coefficient (Wildman–Crippen LogP) is 4.86. The monoisotopic (exact) mass is 236 g/mol. The summed E-state index contributed by atoms with van der Waals surface area (Å²) in [7, 11) is 0.309. The predicted molar refractivity (Wildman–Crippen MR) is 70.3 cm³/mol. The lowest BCUT2D eigenvalue weighted by molar-refractivity contribution is 0.588. The molecule has 88 valence electrons. The van der Waals surface area contributed by atoms with E-state index in [-0.39, 0.29) is 0 Å². The van der Waals surface area contributed by atoms with Gasteiger partial charge in [0.15, 0.2) is 8.46 Å². The second-order valence-corrected chi connectivity index (χ2v) is 4.92. The molecule has 0 radical (unpaired) electrons. The van der Waals surface area contributed by atoms with Gasteiger partial charge in [0.25, 0.3) is 0 Å². The second kappa shape index (κ2) is 9.54. The molecule has 2 heteroatoms. The molecule has 1 aromatic carbocycles. The van der Waals surface area contributed by atoms with Crippen LogP contribution in [-0.4, -0.2) is 6.16 Å². The summed E-state index contributed by atoms with van der Waals surface area (Å²) in [6.07, 6.45) is 9.63. The van der Waals surface area contributed by atoms with E-state index in [0.29, 0.717) is 8.46 Å². The number of hydrogen-bond acceptors (Lipinski definition) is 1. The summed E-state index contributed by atoms with van der Waals surface area (Å²) in [6, 6.07) is 10.7. The molecular formula is C14H21OP. The Bertz CT molecular complexity index is 271. The molecule has 0 fully saturated rings. The highest BCUT2D eigenvalue weighted by Gasteiger charge is 1.93. The molecule has 16 heavy (non-hydrogen) atoms. The Morgan fingerprint density at radius 3 is 2.12 bits per heavy atom. The van der Waals surface area contributed by atoms with Gasteiger partial charge in [-0.15, -0.1) is 0 Å². The molecule has 1 nitrogen and oxygen atoms in total. The molecule has 0 unspecified atom stereocenters. The summed E-state index contributed by atoms with van der Waals surface area (Å²) in [5, 5.41) is 0. The molecule has 0 amide bonds. The van der Waals surface area contributed by atoms with E-state index in [9.17, 15) is 4.57 Å². The molecule has 0 aromatic heterocycles. The molecule has 0 heterocycles. The maximum absolute atomic E-state index is 10.2. The molecular weight excluding hydrogens is 215 g/mol. The summed E-state index contributed by atoms with van der Waals surface area (Å²) in [5.74, 6) is 0. The van der Waals surface area contributed by atoms with Crippen LogP contribution in [0.25, 0.3) is 0 Å². The van der Waals surface area contributed by atoms with Gasteiger partial charge in [0, 0.05) is 6.16 Å². The normalized spacial score (nSPS) is 10.8. The Morgan fingerprint density at radius 2 is 1.44 bits per heavy atom.